The first kappa shape index (κ1) is 45.4. The highest BCUT2D eigenvalue weighted by Gasteiger charge is 2.45. The Hall–Kier alpha value is -3.66. The van der Waals surface area contributed by atoms with Crippen LogP contribution in [0.15, 0.2) is 91.0 Å². The van der Waals surface area contributed by atoms with Crippen molar-refractivity contribution in [3.8, 4) is 5.75 Å². The van der Waals surface area contributed by atoms with Crippen LogP contribution >= 0.6 is 36.1 Å². The summed E-state index contributed by atoms with van der Waals surface area (Å²) in [6, 6.07) is 24.5. The Labute approximate surface area is 295 Å². The molecule has 0 unspecified atom stereocenters. The number of para-hydroxylation sites is 1. The van der Waals surface area contributed by atoms with Gasteiger partial charge in [0.05, 0.1) is 6.61 Å². The average Bonchev–Trinajstić information content (AvgIpc) is 3.13. The molecule has 0 atom stereocenters. The predicted molar refractivity (Wildman–Crippen MR) is 154 cm³/mol. The monoisotopic (exact) mass is 795 g/mol. The fourth-order valence-corrected chi connectivity index (χ4v) is 3.43. The van der Waals surface area contributed by atoms with Crippen molar-refractivity contribution in [2.24, 2.45) is 0 Å². The van der Waals surface area contributed by atoms with Crippen LogP contribution in [0.2, 0.25) is 0 Å². The fraction of sp³-hybridized carbons (Fsp3) is 0.222. The lowest BCUT2D eigenvalue weighted by Gasteiger charge is -2.13. The summed E-state index contributed by atoms with van der Waals surface area (Å²) in [5.41, 5.74) is 1.41. The quantitative estimate of drug-likeness (QED) is 0.0451. The van der Waals surface area contributed by atoms with Gasteiger partial charge in [-0.25, -0.2) is 14.4 Å². The van der Waals surface area contributed by atoms with Crippen LogP contribution in [0.4, 0.5) is 26.3 Å². The summed E-state index contributed by atoms with van der Waals surface area (Å²) < 4.78 is 100. The Morgan fingerprint density at radius 3 is 1.33 bits per heavy atom. The molecule has 3 aromatic carbocycles. The Balaban J connectivity index is 0.000000383. The highest BCUT2D eigenvalue weighted by molar-refractivity contribution is 7.96. The van der Waals surface area contributed by atoms with Gasteiger partial charge in [-0.2, -0.15) is 39.3 Å². The molecule has 0 aliphatic rings. The number of hydrogen-bond acceptors (Lipinski definition) is 18. The number of carbonyl (C=O) groups excluding carboxylic acids is 3. The molecule has 0 saturated heterocycles. The van der Waals surface area contributed by atoms with Gasteiger partial charge in [0, 0.05) is 6.42 Å². The second-order valence-electron chi connectivity index (χ2n) is 8.34. The molecule has 0 aromatic heterocycles. The average molecular weight is 796 g/mol. The van der Waals surface area contributed by atoms with E-state index in [4.69, 9.17) is 0 Å². The summed E-state index contributed by atoms with van der Waals surface area (Å²) in [5, 5.41) is 24.2. The Bertz CT molecular complexity index is 1420. The number of benzene rings is 3. The minimum Gasteiger partial charge on any atom is -0.691 e. The van der Waals surface area contributed by atoms with E-state index in [1.807, 2.05) is 0 Å². The van der Waals surface area contributed by atoms with Crippen LogP contribution < -0.4 is 20.5 Å². The van der Waals surface area contributed by atoms with Crippen LogP contribution in [0.3, 0.4) is 0 Å². The summed E-state index contributed by atoms with van der Waals surface area (Å²) in [6.45, 7) is -0.495. The zero-order valence-electron chi connectivity index (χ0n) is 24.9. The van der Waals surface area contributed by atoms with E-state index >= 15 is 0 Å². The SMILES string of the molecule is O=C(OCCc1ccccc1)C(F)(F)SOO[O-].O=C(OCc1ccccc1)C(F)(F)SOO[O-].O=C(Oc1ccccc1)C(F)(F)SOO[O-]. The summed E-state index contributed by atoms with van der Waals surface area (Å²) in [5.74, 6) is -5.51. The Morgan fingerprint density at radius 1 is 0.529 bits per heavy atom. The standard InChI is InChI=1S/C10H10F2O5S.C9H8F2O5S.C8H6F2O5S/c11-10(12,18-17-16-14)9(13)15-7-6-8-4-2-1-3-5-8;10-9(11,17-16-15-13)8(12)14-6-7-4-2-1-3-5-7;9-8(10,16-15-14-12)7(11)13-6-4-2-1-3-5-6/h1-5,14H,6-7H2;1-5,13H,6H2;1-5,12H/p-3. The Kier molecular flexibility index (Phi) is 21.8. The lowest BCUT2D eigenvalue weighted by atomic mass is 10.2. The van der Waals surface area contributed by atoms with E-state index in [2.05, 4.69) is 42.3 Å². The van der Waals surface area contributed by atoms with E-state index in [-0.39, 0.29) is 19.0 Å². The zero-order valence-corrected chi connectivity index (χ0v) is 27.3. The summed E-state index contributed by atoms with van der Waals surface area (Å²) in [6.07, 6.45) is 0.312. The van der Waals surface area contributed by atoms with E-state index in [0.717, 1.165) is 5.56 Å². The molecule has 3 rings (SSSR count). The van der Waals surface area contributed by atoms with Gasteiger partial charge in [-0.05, 0) is 23.3 Å². The molecule has 15 nitrogen and oxygen atoms in total. The van der Waals surface area contributed by atoms with Gasteiger partial charge in [-0.15, -0.1) is 0 Å². The smallest absolute Gasteiger partial charge is 0.416 e. The van der Waals surface area contributed by atoms with Gasteiger partial charge in [-0.3, -0.25) is 15.1 Å². The van der Waals surface area contributed by atoms with Gasteiger partial charge >= 0.3 is 33.7 Å². The number of alkyl halides is 6. The van der Waals surface area contributed by atoms with Crippen molar-refractivity contribution in [3.05, 3.63) is 102 Å². The number of ether oxygens (including phenoxy) is 3. The van der Waals surface area contributed by atoms with Gasteiger partial charge in [0.1, 0.15) is 48.5 Å². The molecule has 0 saturated carbocycles. The second-order valence-corrected chi connectivity index (χ2v) is 10.8. The minimum absolute atomic E-state index is 0.0455. The number of rotatable bonds is 18. The molecule has 0 radical (unpaired) electrons. The van der Waals surface area contributed by atoms with Crippen LogP contribution in [-0.2, 0) is 65.0 Å². The van der Waals surface area contributed by atoms with Gasteiger partial charge in [0.2, 0.25) is 0 Å². The van der Waals surface area contributed by atoms with Crippen molar-refractivity contribution >= 4 is 54.0 Å². The third-order valence-corrected chi connectivity index (χ3v) is 6.34. The molecule has 0 fully saturated rings. The molecule has 51 heavy (non-hydrogen) atoms. The topological polar surface area (TPSA) is 203 Å². The highest BCUT2D eigenvalue weighted by Crippen LogP contribution is 2.33. The maximum atomic E-state index is 12.9. The molecule has 0 spiro atoms. The van der Waals surface area contributed by atoms with Crippen molar-refractivity contribution in [2.45, 2.75) is 28.8 Å². The van der Waals surface area contributed by atoms with E-state index in [9.17, 15) is 56.5 Å². The molecule has 0 amide bonds. The normalized spacial score (nSPS) is 11.2. The van der Waals surface area contributed by atoms with E-state index < -0.39 is 69.8 Å². The molecule has 282 valence electrons. The lowest BCUT2D eigenvalue weighted by Crippen LogP contribution is -2.30. The fourth-order valence-electron chi connectivity index (χ4n) is 2.72. The van der Waals surface area contributed by atoms with Gasteiger partial charge in [0.25, 0.3) is 0 Å². The molecule has 0 bridgehead atoms. The number of carbonyl (C=O) groups is 3. The van der Waals surface area contributed by atoms with Crippen LogP contribution in [0.1, 0.15) is 11.1 Å². The first-order valence-electron chi connectivity index (χ1n) is 12.9. The summed E-state index contributed by atoms with van der Waals surface area (Å²) >= 11 is -2.17. The van der Waals surface area contributed by atoms with Gasteiger partial charge in [0.15, 0.2) is 0 Å². The number of halogens is 6. The highest BCUT2D eigenvalue weighted by atomic mass is 32.2. The molecular weight excluding hydrogens is 774 g/mol. The van der Waals surface area contributed by atoms with Crippen LogP contribution in [0.5, 0.6) is 5.75 Å². The van der Waals surface area contributed by atoms with Crippen LogP contribution in [-0.4, -0.2) is 40.3 Å². The maximum Gasteiger partial charge on any atom is 0.416 e. The summed E-state index contributed by atoms with van der Waals surface area (Å²) in [7, 11) is 0. The third kappa shape index (κ3) is 19.5. The molecule has 0 aliphatic heterocycles. The zero-order chi connectivity index (χ0) is 38.2. The number of hydrogen-bond donors (Lipinski definition) is 0. The first-order valence-corrected chi connectivity index (χ1v) is 15.2. The molecule has 0 heterocycles. The third-order valence-electron chi connectivity index (χ3n) is 4.85. The second kappa shape index (κ2) is 24.5. The largest absolute Gasteiger partial charge is 0.691 e. The predicted octanol–water partition coefficient (Wildman–Crippen LogP) is 3.49. The molecule has 0 N–H and O–H groups in total. The van der Waals surface area contributed by atoms with Crippen molar-refractivity contribution in [1.82, 2.24) is 0 Å². The van der Waals surface area contributed by atoms with Crippen LogP contribution in [0, 0.1) is 0 Å². The first-order chi connectivity index (χ1) is 24.2. The Morgan fingerprint density at radius 2 is 0.902 bits per heavy atom. The molecule has 24 heteroatoms. The van der Waals surface area contributed by atoms with Crippen molar-refractivity contribution < 1.29 is 98.8 Å². The van der Waals surface area contributed by atoms with E-state index in [1.165, 1.54) is 24.3 Å². The van der Waals surface area contributed by atoms with E-state index in [0.29, 0.717) is 12.0 Å². The lowest BCUT2D eigenvalue weighted by molar-refractivity contribution is -0.777. The minimum atomic E-state index is -4.03. The maximum absolute atomic E-state index is 12.9. The van der Waals surface area contributed by atoms with E-state index in [1.54, 1.807) is 66.7 Å². The van der Waals surface area contributed by atoms with Crippen LogP contribution in [0.25, 0.3) is 0 Å². The molecule has 3 aromatic rings. The molecule has 0 aliphatic carbocycles. The molecular formula is C27H21F6O15S3-3. The van der Waals surface area contributed by atoms with Gasteiger partial charge in [-0.1, -0.05) is 78.9 Å². The number of esters is 3. The van der Waals surface area contributed by atoms with Crippen molar-refractivity contribution in [1.29, 1.82) is 0 Å². The van der Waals surface area contributed by atoms with Crippen molar-refractivity contribution in [3.63, 3.8) is 0 Å². The summed E-state index contributed by atoms with van der Waals surface area (Å²) in [4.78, 5) is 32.8. The van der Waals surface area contributed by atoms with Crippen molar-refractivity contribution in [2.75, 3.05) is 6.61 Å². The van der Waals surface area contributed by atoms with Gasteiger partial charge < -0.3 is 30.0 Å².